The van der Waals surface area contributed by atoms with Crippen molar-refractivity contribution in [2.75, 3.05) is 5.32 Å². The van der Waals surface area contributed by atoms with E-state index in [1.165, 1.54) is 0 Å². The number of benzene rings is 2. The number of hydrogen-bond donors (Lipinski definition) is 1. The second-order valence-electron chi connectivity index (χ2n) is 5.79. The number of rotatable bonds is 6. The van der Waals surface area contributed by atoms with Gasteiger partial charge in [-0.2, -0.15) is 4.98 Å². The molecule has 0 bridgehead atoms. The number of aromatic nitrogens is 3. The van der Waals surface area contributed by atoms with Crippen molar-refractivity contribution in [1.29, 1.82) is 0 Å². The lowest BCUT2D eigenvalue weighted by Gasteiger charge is -2.08. The van der Waals surface area contributed by atoms with Crippen molar-refractivity contribution in [3.8, 4) is 16.5 Å². The van der Waals surface area contributed by atoms with Gasteiger partial charge >= 0.3 is 0 Å². The van der Waals surface area contributed by atoms with Crippen LogP contribution in [0.5, 0.6) is 5.75 Å². The van der Waals surface area contributed by atoms with Crippen LogP contribution in [0.15, 0.2) is 72.1 Å². The first-order valence-electron chi connectivity index (χ1n) is 8.27. The fraction of sp³-hybridized carbons (Fsp3) is 0.100. The SMILES string of the molecule is Cn1nc(Nc2cccc(OCc3ccccc3)c2)nc1-c1cccs1. The highest BCUT2D eigenvalue weighted by atomic mass is 32.1. The molecule has 130 valence electrons. The maximum atomic E-state index is 5.87. The molecule has 4 aromatic rings. The Labute approximate surface area is 155 Å². The third-order valence-electron chi connectivity index (χ3n) is 3.84. The molecule has 0 amide bonds. The van der Waals surface area contributed by atoms with Gasteiger partial charge in [-0.15, -0.1) is 16.4 Å². The molecule has 0 saturated carbocycles. The van der Waals surface area contributed by atoms with Gasteiger partial charge in [0.2, 0.25) is 5.95 Å². The molecule has 0 spiro atoms. The standard InChI is InChI=1S/C20H18N4OS/c1-24-19(18-11-6-12-26-18)22-20(23-24)21-16-9-5-10-17(13-16)25-14-15-7-3-2-4-8-15/h2-13H,14H2,1H3,(H,21,23). The first-order valence-corrected chi connectivity index (χ1v) is 9.14. The van der Waals surface area contributed by atoms with Crippen molar-refractivity contribution in [2.24, 2.45) is 7.05 Å². The number of nitrogens with one attached hydrogen (secondary N) is 1. The smallest absolute Gasteiger partial charge is 0.247 e. The minimum absolute atomic E-state index is 0.536. The number of nitrogens with zero attached hydrogens (tertiary/aromatic N) is 3. The Hall–Kier alpha value is -3.12. The minimum Gasteiger partial charge on any atom is -0.489 e. The maximum absolute atomic E-state index is 5.87. The summed E-state index contributed by atoms with van der Waals surface area (Å²) in [6.45, 7) is 0.536. The maximum Gasteiger partial charge on any atom is 0.247 e. The zero-order chi connectivity index (χ0) is 17.8. The Kier molecular flexibility index (Phi) is 4.66. The first kappa shape index (κ1) is 16.4. The minimum atomic E-state index is 0.536. The molecule has 0 fully saturated rings. The van der Waals surface area contributed by atoms with Crippen LogP contribution in [0.1, 0.15) is 5.56 Å². The number of ether oxygens (including phenoxy) is 1. The number of hydrogen-bond acceptors (Lipinski definition) is 5. The largest absolute Gasteiger partial charge is 0.489 e. The van der Waals surface area contributed by atoms with Crippen molar-refractivity contribution in [1.82, 2.24) is 14.8 Å². The first-order chi connectivity index (χ1) is 12.8. The van der Waals surface area contributed by atoms with E-state index in [0.29, 0.717) is 12.6 Å². The van der Waals surface area contributed by atoms with Crippen LogP contribution in [-0.2, 0) is 13.7 Å². The molecule has 4 rings (SSSR count). The molecule has 2 aromatic carbocycles. The van der Waals surface area contributed by atoms with Crippen molar-refractivity contribution in [2.45, 2.75) is 6.61 Å². The average Bonchev–Trinajstić information content (AvgIpc) is 3.31. The van der Waals surface area contributed by atoms with E-state index in [2.05, 4.69) is 15.4 Å². The third kappa shape index (κ3) is 3.75. The number of aryl methyl sites for hydroxylation is 1. The van der Waals surface area contributed by atoms with Gasteiger partial charge in [-0.25, -0.2) is 4.68 Å². The van der Waals surface area contributed by atoms with Crippen LogP contribution >= 0.6 is 11.3 Å². The molecule has 6 heteroatoms. The lowest BCUT2D eigenvalue weighted by atomic mass is 10.2. The highest BCUT2D eigenvalue weighted by Gasteiger charge is 2.10. The summed E-state index contributed by atoms with van der Waals surface area (Å²) in [6, 6.07) is 22.0. The van der Waals surface area contributed by atoms with E-state index in [1.807, 2.05) is 79.2 Å². The molecule has 1 N–H and O–H groups in total. The predicted molar refractivity (Wildman–Crippen MR) is 105 cm³/mol. The molecule has 0 radical (unpaired) electrons. The zero-order valence-corrected chi connectivity index (χ0v) is 15.1. The normalized spacial score (nSPS) is 10.7. The van der Waals surface area contributed by atoms with E-state index >= 15 is 0 Å². The monoisotopic (exact) mass is 362 g/mol. The van der Waals surface area contributed by atoms with Gasteiger partial charge in [0.15, 0.2) is 5.82 Å². The van der Waals surface area contributed by atoms with Gasteiger partial charge in [-0.3, -0.25) is 0 Å². The molecule has 0 aliphatic heterocycles. The fourth-order valence-electron chi connectivity index (χ4n) is 2.59. The van der Waals surface area contributed by atoms with Gasteiger partial charge in [0.25, 0.3) is 0 Å². The Morgan fingerprint density at radius 3 is 2.73 bits per heavy atom. The number of anilines is 2. The van der Waals surface area contributed by atoms with Crippen LogP contribution in [-0.4, -0.2) is 14.8 Å². The van der Waals surface area contributed by atoms with E-state index in [1.54, 1.807) is 16.0 Å². The summed E-state index contributed by atoms with van der Waals surface area (Å²) < 4.78 is 7.66. The highest BCUT2D eigenvalue weighted by molar-refractivity contribution is 7.13. The van der Waals surface area contributed by atoms with Gasteiger partial charge in [0.05, 0.1) is 4.88 Å². The summed E-state index contributed by atoms with van der Waals surface area (Å²) in [5.41, 5.74) is 2.02. The molecular weight excluding hydrogens is 344 g/mol. The molecular formula is C20H18N4OS. The zero-order valence-electron chi connectivity index (χ0n) is 14.3. The van der Waals surface area contributed by atoms with Crippen LogP contribution in [0, 0.1) is 0 Å². The molecule has 0 unspecified atom stereocenters. The summed E-state index contributed by atoms with van der Waals surface area (Å²) in [4.78, 5) is 5.67. The second-order valence-corrected chi connectivity index (χ2v) is 6.73. The van der Waals surface area contributed by atoms with E-state index in [0.717, 1.165) is 27.7 Å². The fourth-order valence-corrected chi connectivity index (χ4v) is 3.34. The van der Waals surface area contributed by atoms with Gasteiger partial charge in [0, 0.05) is 18.8 Å². The average molecular weight is 362 g/mol. The molecule has 26 heavy (non-hydrogen) atoms. The van der Waals surface area contributed by atoms with Crippen LogP contribution in [0.4, 0.5) is 11.6 Å². The van der Waals surface area contributed by atoms with Crippen molar-refractivity contribution in [3.63, 3.8) is 0 Å². The topological polar surface area (TPSA) is 52.0 Å². The molecule has 0 aliphatic rings. The predicted octanol–water partition coefficient (Wildman–Crippen LogP) is 4.87. The Morgan fingerprint density at radius 1 is 1.04 bits per heavy atom. The number of thiophene rings is 1. The highest BCUT2D eigenvalue weighted by Crippen LogP contribution is 2.25. The van der Waals surface area contributed by atoms with Crippen molar-refractivity contribution < 1.29 is 4.74 Å². The lowest BCUT2D eigenvalue weighted by molar-refractivity contribution is 0.306. The lowest BCUT2D eigenvalue weighted by Crippen LogP contribution is -1.97. The van der Waals surface area contributed by atoms with Crippen LogP contribution in [0.3, 0.4) is 0 Å². The summed E-state index contributed by atoms with van der Waals surface area (Å²) in [5.74, 6) is 2.21. The van der Waals surface area contributed by atoms with Gasteiger partial charge in [-0.1, -0.05) is 42.5 Å². The quantitative estimate of drug-likeness (QED) is 0.532. The third-order valence-corrected chi connectivity index (χ3v) is 4.71. The second kappa shape index (κ2) is 7.41. The Morgan fingerprint density at radius 2 is 1.92 bits per heavy atom. The van der Waals surface area contributed by atoms with Crippen LogP contribution in [0.2, 0.25) is 0 Å². The summed E-state index contributed by atoms with van der Waals surface area (Å²) >= 11 is 1.65. The Balaban J connectivity index is 1.46. The molecule has 2 heterocycles. The molecule has 0 saturated heterocycles. The van der Waals surface area contributed by atoms with E-state index in [-0.39, 0.29) is 0 Å². The van der Waals surface area contributed by atoms with Crippen molar-refractivity contribution >= 4 is 23.0 Å². The van der Waals surface area contributed by atoms with E-state index in [4.69, 9.17) is 4.74 Å². The summed E-state index contributed by atoms with van der Waals surface area (Å²) in [7, 11) is 1.90. The van der Waals surface area contributed by atoms with Crippen LogP contribution in [0.25, 0.3) is 10.7 Å². The Bertz CT molecular complexity index is 980. The van der Waals surface area contributed by atoms with E-state index < -0.39 is 0 Å². The molecule has 0 aliphatic carbocycles. The molecule has 2 aromatic heterocycles. The van der Waals surface area contributed by atoms with Gasteiger partial charge < -0.3 is 10.1 Å². The van der Waals surface area contributed by atoms with Gasteiger partial charge in [0.1, 0.15) is 12.4 Å². The van der Waals surface area contributed by atoms with Crippen LogP contribution < -0.4 is 10.1 Å². The van der Waals surface area contributed by atoms with Crippen molar-refractivity contribution in [3.05, 3.63) is 77.7 Å². The summed E-state index contributed by atoms with van der Waals surface area (Å²) in [5, 5.41) is 9.73. The molecule has 5 nitrogen and oxygen atoms in total. The molecule has 0 atom stereocenters. The van der Waals surface area contributed by atoms with E-state index in [9.17, 15) is 0 Å². The summed E-state index contributed by atoms with van der Waals surface area (Å²) in [6.07, 6.45) is 0. The van der Waals surface area contributed by atoms with Gasteiger partial charge in [-0.05, 0) is 29.1 Å².